The summed E-state index contributed by atoms with van der Waals surface area (Å²) < 4.78 is 5.96. The van der Waals surface area contributed by atoms with Crippen molar-refractivity contribution in [2.24, 2.45) is 16.8 Å². The maximum absolute atomic E-state index is 12.4. The van der Waals surface area contributed by atoms with Crippen LogP contribution in [0.4, 0.5) is 0 Å². The van der Waals surface area contributed by atoms with Crippen molar-refractivity contribution in [3.63, 3.8) is 0 Å². The second kappa shape index (κ2) is 11.5. The number of aromatic amines is 1. The molecule has 0 saturated heterocycles. The van der Waals surface area contributed by atoms with Gasteiger partial charge in [-0.25, -0.2) is 20.8 Å². The van der Waals surface area contributed by atoms with Crippen molar-refractivity contribution in [3.05, 3.63) is 57.9 Å². The van der Waals surface area contributed by atoms with E-state index in [9.17, 15) is 24.8 Å². The number of hydrazine groups is 1. The normalized spacial score (nSPS) is 16.4. The summed E-state index contributed by atoms with van der Waals surface area (Å²) in [6.07, 6.45) is 4.88. The molecule has 192 valence electrons. The van der Waals surface area contributed by atoms with Crippen molar-refractivity contribution in [1.82, 2.24) is 19.9 Å². The summed E-state index contributed by atoms with van der Waals surface area (Å²) in [6.45, 7) is 0. The molecule has 2 aromatic rings. The second-order valence-corrected chi connectivity index (χ2v) is 9.10. The number of thioether (sulfide) groups is 1. The lowest BCUT2D eigenvalue weighted by Gasteiger charge is -2.31. The largest absolute Gasteiger partial charge is 0.481 e. The molecule has 13 nitrogen and oxygen atoms in total. The number of thiol groups is 1. The molecule has 0 bridgehead atoms. The summed E-state index contributed by atoms with van der Waals surface area (Å²) >= 11 is 5.18. The zero-order valence-electron chi connectivity index (χ0n) is 19.6. The molecule has 2 atom stereocenters. The third kappa shape index (κ3) is 5.80. The van der Waals surface area contributed by atoms with E-state index in [2.05, 4.69) is 27.6 Å². The Bertz CT molecular complexity index is 1220. The molecule has 0 fully saturated rings. The first-order valence-electron chi connectivity index (χ1n) is 10.5. The number of hydrogen-bond acceptors (Lipinski definition) is 11. The molecular weight excluding hydrogens is 510 g/mol. The van der Waals surface area contributed by atoms with E-state index in [-0.39, 0.29) is 35.4 Å². The van der Waals surface area contributed by atoms with Crippen LogP contribution < -0.4 is 10.6 Å². The molecule has 1 aromatic carbocycles. The topological polar surface area (TPSA) is 180 Å². The second-order valence-electron chi connectivity index (χ2n) is 7.84. The van der Waals surface area contributed by atoms with E-state index >= 15 is 0 Å². The van der Waals surface area contributed by atoms with Gasteiger partial charge >= 0.3 is 11.7 Å². The molecule has 0 aliphatic carbocycles. The van der Waals surface area contributed by atoms with Gasteiger partial charge in [0.2, 0.25) is 5.91 Å². The highest BCUT2D eigenvalue weighted by molar-refractivity contribution is 7.99. The molecular formula is C21H25N7O6S2. The van der Waals surface area contributed by atoms with Gasteiger partial charge in [-0.15, -0.1) is 11.8 Å². The average Bonchev–Trinajstić information content (AvgIpc) is 3.35. The SMILES string of the molecule is CSC1N=C(C(CS)C(=O)O)C([N+](=O)[O-])=C(Oc2cc(CC(=O)N(C)C)cc(-c3ncc[nH]3)c2)N1N. The van der Waals surface area contributed by atoms with E-state index < -0.39 is 28.0 Å². The lowest BCUT2D eigenvalue weighted by Crippen LogP contribution is -2.47. The first kappa shape index (κ1) is 27.0. The van der Waals surface area contributed by atoms with Crippen LogP contribution in [-0.2, 0) is 16.0 Å². The summed E-state index contributed by atoms with van der Waals surface area (Å²) in [5, 5.41) is 22.7. The number of aliphatic carboxylic acids is 1. The third-order valence-corrected chi connectivity index (χ3v) is 6.30. The average molecular weight is 536 g/mol. The molecule has 1 aliphatic heterocycles. The molecule has 2 unspecified atom stereocenters. The highest BCUT2D eigenvalue weighted by atomic mass is 32.2. The number of aromatic nitrogens is 2. The number of carbonyl (C=O) groups excluding carboxylic acids is 1. The van der Waals surface area contributed by atoms with Crippen molar-refractivity contribution < 1.29 is 24.4 Å². The lowest BCUT2D eigenvalue weighted by atomic mass is 10.0. The number of carboxylic acid groups (broad SMARTS) is 1. The number of imidazole rings is 1. The van der Waals surface area contributed by atoms with E-state index in [1.165, 1.54) is 4.90 Å². The molecule has 15 heteroatoms. The van der Waals surface area contributed by atoms with Crippen molar-refractivity contribution in [2.45, 2.75) is 11.9 Å². The molecule has 2 heterocycles. The minimum Gasteiger partial charge on any atom is -0.481 e. The van der Waals surface area contributed by atoms with Crippen LogP contribution in [0.1, 0.15) is 5.56 Å². The van der Waals surface area contributed by atoms with Gasteiger partial charge in [0.25, 0.3) is 5.88 Å². The fourth-order valence-corrected chi connectivity index (χ4v) is 4.25. The Kier molecular flexibility index (Phi) is 8.60. The van der Waals surface area contributed by atoms with E-state index in [4.69, 9.17) is 10.6 Å². The molecule has 1 aliphatic rings. The molecule has 0 spiro atoms. The van der Waals surface area contributed by atoms with Crippen LogP contribution in [0.5, 0.6) is 5.75 Å². The van der Waals surface area contributed by atoms with E-state index in [1.807, 2.05) is 0 Å². The Balaban J connectivity index is 2.16. The number of H-pyrrole nitrogens is 1. The molecule has 1 amide bonds. The van der Waals surface area contributed by atoms with Crippen LogP contribution in [0.2, 0.25) is 0 Å². The van der Waals surface area contributed by atoms with Crippen molar-refractivity contribution in [2.75, 3.05) is 26.1 Å². The van der Waals surface area contributed by atoms with Crippen LogP contribution in [0.3, 0.4) is 0 Å². The number of allylic oxidation sites excluding steroid dienone is 1. The maximum Gasteiger partial charge on any atom is 0.352 e. The Morgan fingerprint density at radius 1 is 1.42 bits per heavy atom. The van der Waals surface area contributed by atoms with Crippen LogP contribution in [0.15, 0.2) is 47.2 Å². The zero-order chi connectivity index (χ0) is 26.6. The first-order valence-corrected chi connectivity index (χ1v) is 12.4. The number of nitrogens with one attached hydrogen (secondary N) is 1. The van der Waals surface area contributed by atoms with Crippen molar-refractivity contribution in [3.8, 4) is 17.1 Å². The number of nitrogens with zero attached hydrogens (tertiary/aromatic N) is 5. The van der Waals surface area contributed by atoms with Gasteiger partial charge < -0.3 is 19.7 Å². The summed E-state index contributed by atoms with van der Waals surface area (Å²) in [4.78, 5) is 48.3. The number of carboxylic acids is 1. The summed E-state index contributed by atoms with van der Waals surface area (Å²) in [6, 6.07) is 4.88. The van der Waals surface area contributed by atoms with Gasteiger partial charge in [0.1, 0.15) is 23.2 Å². The standard InChI is InChI=1S/C21H25N7O6S2/c1-26(2)15(29)8-11-6-12(18-23-4-5-24-18)9-13(7-11)34-19-17(28(32)33)16(14(10-35)20(30)31)25-21(36-3)27(19)22/h4-7,9,14,21,35H,8,10,22H2,1-3H3,(H,23,24)(H,30,31). The zero-order valence-corrected chi connectivity index (χ0v) is 21.3. The van der Waals surface area contributed by atoms with Crippen molar-refractivity contribution in [1.29, 1.82) is 0 Å². The minimum atomic E-state index is -1.36. The van der Waals surface area contributed by atoms with Gasteiger partial charge in [-0.05, 0) is 30.0 Å². The number of amides is 1. The lowest BCUT2D eigenvalue weighted by molar-refractivity contribution is -0.420. The molecule has 1 aromatic heterocycles. The molecule has 36 heavy (non-hydrogen) atoms. The number of nitro groups is 1. The van der Waals surface area contributed by atoms with Gasteiger partial charge in [-0.1, -0.05) is 0 Å². The summed E-state index contributed by atoms with van der Waals surface area (Å²) in [5.41, 5.74) is -0.740. The smallest absolute Gasteiger partial charge is 0.352 e. The number of likely N-dealkylation sites (N-methyl/N-ethyl adjacent to an activating group) is 1. The predicted octanol–water partition coefficient (Wildman–Crippen LogP) is 1.44. The van der Waals surface area contributed by atoms with Crippen LogP contribution in [-0.4, -0.2) is 79.1 Å². The van der Waals surface area contributed by atoms with Crippen LogP contribution in [0.25, 0.3) is 11.4 Å². The Morgan fingerprint density at radius 2 is 2.14 bits per heavy atom. The number of benzene rings is 1. The number of ether oxygens (including phenoxy) is 1. The van der Waals surface area contributed by atoms with Crippen molar-refractivity contribution >= 4 is 42.0 Å². The third-order valence-electron chi connectivity index (χ3n) is 5.18. The Morgan fingerprint density at radius 3 is 2.67 bits per heavy atom. The predicted molar refractivity (Wildman–Crippen MR) is 137 cm³/mol. The molecule has 0 radical (unpaired) electrons. The van der Waals surface area contributed by atoms with Gasteiger partial charge in [0, 0.05) is 37.8 Å². The fraction of sp³-hybridized carbons (Fsp3) is 0.333. The van der Waals surface area contributed by atoms with E-state index in [0.29, 0.717) is 17.0 Å². The van der Waals surface area contributed by atoms with Gasteiger partial charge in [-0.2, -0.15) is 12.6 Å². The van der Waals surface area contributed by atoms with E-state index in [1.54, 1.807) is 50.9 Å². The summed E-state index contributed by atoms with van der Waals surface area (Å²) in [5.74, 6) is 3.30. The van der Waals surface area contributed by atoms with Gasteiger partial charge in [0.15, 0.2) is 5.50 Å². The summed E-state index contributed by atoms with van der Waals surface area (Å²) in [7, 11) is 3.25. The van der Waals surface area contributed by atoms with Gasteiger partial charge in [-0.3, -0.25) is 19.7 Å². The quantitative estimate of drug-likeness (QED) is 0.150. The number of carbonyl (C=O) groups is 2. The number of rotatable bonds is 10. The van der Waals surface area contributed by atoms with Gasteiger partial charge in [0.05, 0.1) is 11.3 Å². The Labute approximate surface area is 215 Å². The van der Waals surface area contributed by atoms with Crippen LogP contribution in [0, 0.1) is 16.0 Å². The molecule has 3 rings (SSSR count). The highest BCUT2D eigenvalue weighted by Crippen LogP contribution is 2.32. The number of hydrogen-bond donors (Lipinski definition) is 4. The fourth-order valence-electron chi connectivity index (χ4n) is 3.38. The Hall–Kier alpha value is -3.56. The minimum absolute atomic E-state index is 0.0340. The first-order chi connectivity index (χ1) is 17.1. The number of aliphatic imine (C=N–C) groups is 1. The molecule has 4 N–H and O–H groups in total. The van der Waals surface area contributed by atoms with Crippen LogP contribution >= 0.6 is 24.4 Å². The maximum atomic E-state index is 12.4. The number of nitrogens with two attached hydrogens (primary N) is 1. The monoisotopic (exact) mass is 535 g/mol. The highest BCUT2D eigenvalue weighted by Gasteiger charge is 2.43. The van der Waals surface area contributed by atoms with E-state index in [0.717, 1.165) is 16.8 Å². The molecule has 0 saturated carbocycles.